The van der Waals surface area contributed by atoms with Crippen LogP contribution < -0.4 is 5.32 Å². The first kappa shape index (κ1) is 16.9. The van der Waals surface area contributed by atoms with E-state index in [9.17, 15) is 14.4 Å². The fourth-order valence-electron chi connectivity index (χ4n) is 2.95. The summed E-state index contributed by atoms with van der Waals surface area (Å²) in [6.45, 7) is 4.44. The largest absolute Gasteiger partial charge is 0.352 e. The van der Waals surface area contributed by atoms with Gasteiger partial charge in [-0.3, -0.25) is 24.4 Å². The van der Waals surface area contributed by atoms with E-state index in [1.165, 1.54) is 4.90 Å². The molecule has 2 heterocycles. The summed E-state index contributed by atoms with van der Waals surface area (Å²) in [5, 5.41) is 9.81. The van der Waals surface area contributed by atoms with Gasteiger partial charge in [-0.15, -0.1) is 0 Å². The smallest absolute Gasteiger partial charge is 0.261 e. The first-order valence-corrected chi connectivity index (χ1v) is 8.21. The van der Waals surface area contributed by atoms with E-state index < -0.39 is 0 Å². The van der Waals surface area contributed by atoms with Crippen molar-refractivity contribution >= 4 is 17.7 Å². The Hall–Kier alpha value is -2.96. The molecule has 7 nitrogen and oxygen atoms in total. The quantitative estimate of drug-likeness (QED) is 0.783. The maximum Gasteiger partial charge on any atom is 0.261 e. The van der Waals surface area contributed by atoms with Crippen LogP contribution in [0.5, 0.6) is 0 Å². The van der Waals surface area contributed by atoms with E-state index in [1.807, 2.05) is 13.8 Å². The molecule has 7 heteroatoms. The van der Waals surface area contributed by atoms with Crippen LogP contribution in [0.1, 0.15) is 50.5 Å². The monoisotopic (exact) mass is 340 g/mol. The Balaban J connectivity index is 1.48. The van der Waals surface area contributed by atoms with E-state index in [0.29, 0.717) is 24.1 Å². The summed E-state index contributed by atoms with van der Waals surface area (Å²) in [5.74, 6) is -0.687. The van der Waals surface area contributed by atoms with Gasteiger partial charge in [-0.25, -0.2) is 0 Å². The summed E-state index contributed by atoms with van der Waals surface area (Å²) >= 11 is 0. The molecule has 0 radical (unpaired) electrons. The highest BCUT2D eigenvalue weighted by Gasteiger charge is 2.34. The van der Waals surface area contributed by atoms with E-state index in [4.69, 9.17) is 0 Å². The fraction of sp³-hybridized carbons (Fsp3) is 0.333. The number of aromatic amines is 1. The molecule has 2 N–H and O–H groups in total. The Kier molecular flexibility index (Phi) is 4.65. The Morgan fingerprint density at radius 2 is 1.80 bits per heavy atom. The number of nitrogens with zero attached hydrogens (tertiary/aromatic N) is 2. The van der Waals surface area contributed by atoms with Crippen LogP contribution >= 0.6 is 0 Å². The summed E-state index contributed by atoms with van der Waals surface area (Å²) < 4.78 is 0. The van der Waals surface area contributed by atoms with Gasteiger partial charge in [0.1, 0.15) is 0 Å². The third kappa shape index (κ3) is 3.31. The lowest BCUT2D eigenvalue weighted by molar-refractivity contribution is -0.121. The summed E-state index contributed by atoms with van der Waals surface area (Å²) in [6.07, 6.45) is 0.685. The van der Waals surface area contributed by atoms with Crippen molar-refractivity contribution in [1.82, 2.24) is 20.4 Å². The van der Waals surface area contributed by atoms with Gasteiger partial charge in [0.25, 0.3) is 11.8 Å². The summed E-state index contributed by atoms with van der Waals surface area (Å²) in [6, 6.07) is 6.78. The van der Waals surface area contributed by atoms with E-state index in [-0.39, 0.29) is 30.7 Å². The molecule has 0 spiro atoms. The highest BCUT2D eigenvalue weighted by Crippen LogP contribution is 2.22. The number of amides is 3. The average Bonchev–Trinajstić information content (AvgIpc) is 3.05. The van der Waals surface area contributed by atoms with Crippen molar-refractivity contribution in [2.45, 2.75) is 33.2 Å². The number of hydrogen-bond acceptors (Lipinski definition) is 4. The average molecular weight is 340 g/mol. The molecule has 0 atom stereocenters. The van der Waals surface area contributed by atoms with Crippen molar-refractivity contribution in [1.29, 1.82) is 0 Å². The Bertz CT molecular complexity index is 786. The molecule has 0 aliphatic carbocycles. The predicted molar refractivity (Wildman–Crippen MR) is 91.0 cm³/mol. The van der Waals surface area contributed by atoms with Crippen LogP contribution in [0.3, 0.4) is 0 Å². The third-order valence-corrected chi connectivity index (χ3v) is 4.41. The van der Waals surface area contributed by atoms with Crippen LogP contribution in [0.25, 0.3) is 0 Å². The number of fused-ring (bicyclic) bond motifs is 1. The minimum Gasteiger partial charge on any atom is -0.352 e. The molecule has 0 saturated heterocycles. The maximum atomic E-state index is 12.2. The normalized spacial score (nSPS) is 13.3. The summed E-state index contributed by atoms with van der Waals surface area (Å²) in [7, 11) is 0. The Morgan fingerprint density at radius 3 is 2.36 bits per heavy atom. The SMILES string of the molecule is Cc1n[nH]c(C)c1CNC(=O)CCCN1C(=O)c2ccccc2C1=O. The number of carbonyl (C=O) groups excluding carboxylic acids is 3. The highest BCUT2D eigenvalue weighted by atomic mass is 16.2. The van der Waals surface area contributed by atoms with Gasteiger partial charge < -0.3 is 5.32 Å². The van der Waals surface area contributed by atoms with Gasteiger partial charge in [0, 0.05) is 30.8 Å². The molecule has 0 fully saturated rings. The third-order valence-electron chi connectivity index (χ3n) is 4.41. The van der Waals surface area contributed by atoms with E-state index in [0.717, 1.165) is 17.0 Å². The zero-order valence-corrected chi connectivity index (χ0v) is 14.3. The molecule has 3 amide bonds. The maximum absolute atomic E-state index is 12.2. The second kappa shape index (κ2) is 6.88. The van der Waals surface area contributed by atoms with Crippen LogP contribution in [0, 0.1) is 13.8 Å². The van der Waals surface area contributed by atoms with Gasteiger partial charge in [-0.1, -0.05) is 12.1 Å². The molecule has 0 saturated carbocycles. The zero-order chi connectivity index (χ0) is 18.0. The first-order valence-electron chi connectivity index (χ1n) is 8.21. The van der Waals surface area contributed by atoms with Crippen molar-refractivity contribution < 1.29 is 14.4 Å². The number of H-pyrrole nitrogens is 1. The Morgan fingerprint density at radius 1 is 1.16 bits per heavy atom. The molecule has 25 heavy (non-hydrogen) atoms. The molecule has 1 aromatic heterocycles. The molecule has 0 unspecified atom stereocenters. The van der Waals surface area contributed by atoms with Crippen LogP contribution in [0.15, 0.2) is 24.3 Å². The fourth-order valence-corrected chi connectivity index (χ4v) is 2.95. The van der Waals surface area contributed by atoms with Crippen molar-refractivity contribution in [2.75, 3.05) is 6.54 Å². The zero-order valence-electron chi connectivity index (χ0n) is 14.3. The van der Waals surface area contributed by atoms with E-state index >= 15 is 0 Å². The minimum absolute atomic E-state index is 0.114. The van der Waals surface area contributed by atoms with Gasteiger partial charge in [0.2, 0.25) is 5.91 Å². The number of imide groups is 1. The number of aromatic nitrogens is 2. The second-order valence-corrected chi connectivity index (χ2v) is 6.10. The Labute approximate surface area is 145 Å². The van der Waals surface area contributed by atoms with Crippen molar-refractivity contribution in [3.8, 4) is 0 Å². The number of nitrogens with one attached hydrogen (secondary N) is 2. The molecule has 2 aromatic rings. The van der Waals surface area contributed by atoms with Crippen LogP contribution in [-0.2, 0) is 11.3 Å². The number of benzene rings is 1. The lowest BCUT2D eigenvalue weighted by Crippen LogP contribution is -2.32. The predicted octanol–water partition coefficient (Wildman–Crippen LogP) is 1.72. The van der Waals surface area contributed by atoms with Gasteiger partial charge in [0.05, 0.1) is 16.8 Å². The second-order valence-electron chi connectivity index (χ2n) is 6.10. The molecular weight excluding hydrogens is 320 g/mol. The molecule has 3 rings (SSSR count). The standard InChI is InChI=1S/C18H20N4O3/c1-11-15(12(2)21-20-11)10-19-16(23)8-5-9-22-17(24)13-6-3-4-7-14(13)18(22)25/h3-4,6-7H,5,8-10H2,1-2H3,(H,19,23)(H,20,21). The van der Waals surface area contributed by atoms with Gasteiger partial charge in [-0.2, -0.15) is 5.10 Å². The number of carbonyl (C=O) groups is 3. The number of hydrogen-bond donors (Lipinski definition) is 2. The number of rotatable bonds is 6. The van der Waals surface area contributed by atoms with Crippen molar-refractivity contribution in [2.24, 2.45) is 0 Å². The molecule has 1 aromatic carbocycles. The highest BCUT2D eigenvalue weighted by molar-refractivity contribution is 6.21. The van der Waals surface area contributed by atoms with E-state index in [2.05, 4.69) is 15.5 Å². The van der Waals surface area contributed by atoms with Crippen molar-refractivity contribution in [3.63, 3.8) is 0 Å². The topological polar surface area (TPSA) is 95.2 Å². The molecule has 130 valence electrons. The summed E-state index contributed by atoms with van der Waals surface area (Å²) in [5.41, 5.74) is 3.65. The molecule has 1 aliphatic rings. The van der Waals surface area contributed by atoms with Crippen molar-refractivity contribution in [3.05, 3.63) is 52.3 Å². The lowest BCUT2D eigenvalue weighted by Gasteiger charge is -2.13. The molecule has 1 aliphatic heterocycles. The van der Waals surface area contributed by atoms with Gasteiger partial charge in [-0.05, 0) is 32.4 Å². The molecule has 0 bridgehead atoms. The van der Waals surface area contributed by atoms with Gasteiger partial charge in [0.15, 0.2) is 0 Å². The lowest BCUT2D eigenvalue weighted by atomic mass is 10.1. The minimum atomic E-state index is -0.286. The summed E-state index contributed by atoms with van der Waals surface area (Å²) in [4.78, 5) is 37.7. The van der Waals surface area contributed by atoms with Gasteiger partial charge >= 0.3 is 0 Å². The van der Waals surface area contributed by atoms with Crippen LogP contribution in [0.4, 0.5) is 0 Å². The number of aryl methyl sites for hydroxylation is 2. The first-order chi connectivity index (χ1) is 12.0. The molecular formula is C18H20N4O3. The van der Waals surface area contributed by atoms with E-state index in [1.54, 1.807) is 24.3 Å². The van der Waals surface area contributed by atoms with Crippen LogP contribution in [0.2, 0.25) is 0 Å². The van der Waals surface area contributed by atoms with Crippen LogP contribution in [-0.4, -0.2) is 39.4 Å².